The van der Waals surface area contributed by atoms with Crippen molar-refractivity contribution in [3.8, 4) is 11.3 Å². The Balaban J connectivity index is 2.21. The predicted molar refractivity (Wildman–Crippen MR) is 84.8 cm³/mol. The van der Waals surface area contributed by atoms with Crippen LogP contribution in [0.15, 0.2) is 49.2 Å². The van der Waals surface area contributed by atoms with E-state index in [0.717, 1.165) is 33.4 Å². The molecule has 0 atom stereocenters. The summed E-state index contributed by atoms with van der Waals surface area (Å²) >= 11 is 6.35. The first-order chi connectivity index (χ1) is 9.67. The SMILES string of the molecule is C=Cc1ccc2c(Cl)cc(-c3ccc(C)nc3)nc2c1. The van der Waals surface area contributed by atoms with Gasteiger partial charge in [0, 0.05) is 22.8 Å². The van der Waals surface area contributed by atoms with Gasteiger partial charge in [0.05, 0.1) is 16.2 Å². The number of pyridine rings is 2. The number of aryl methyl sites for hydroxylation is 1. The second kappa shape index (κ2) is 5.06. The molecule has 0 saturated heterocycles. The van der Waals surface area contributed by atoms with Gasteiger partial charge in [-0.2, -0.15) is 0 Å². The zero-order valence-electron chi connectivity index (χ0n) is 11.1. The molecule has 0 saturated carbocycles. The molecule has 0 aliphatic rings. The molecule has 98 valence electrons. The molecule has 3 rings (SSSR count). The highest BCUT2D eigenvalue weighted by molar-refractivity contribution is 6.35. The third-order valence-electron chi connectivity index (χ3n) is 3.23. The van der Waals surface area contributed by atoms with Crippen LogP contribution >= 0.6 is 11.6 Å². The lowest BCUT2D eigenvalue weighted by molar-refractivity contribution is 1.20. The van der Waals surface area contributed by atoms with E-state index in [0.29, 0.717) is 5.02 Å². The van der Waals surface area contributed by atoms with Crippen LogP contribution in [-0.2, 0) is 0 Å². The van der Waals surface area contributed by atoms with Crippen LogP contribution in [0.25, 0.3) is 28.2 Å². The van der Waals surface area contributed by atoms with Crippen molar-refractivity contribution < 1.29 is 0 Å². The molecule has 0 N–H and O–H groups in total. The largest absolute Gasteiger partial charge is 0.261 e. The molecule has 0 spiro atoms. The standard InChI is InChI=1S/C17H13ClN2/c1-3-12-5-7-14-15(18)9-16(20-17(14)8-12)13-6-4-11(2)19-10-13/h3-10H,1H2,2H3. The molecule has 2 aromatic heterocycles. The number of benzene rings is 1. The lowest BCUT2D eigenvalue weighted by atomic mass is 10.1. The number of nitrogens with zero attached hydrogens (tertiary/aromatic N) is 2. The maximum atomic E-state index is 6.35. The fraction of sp³-hybridized carbons (Fsp3) is 0.0588. The predicted octanol–water partition coefficient (Wildman–Crippen LogP) is 4.90. The van der Waals surface area contributed by atoms with E-state index in [2.05, 4.69) is 16.5 Å². The highest BCUT2D eigenvalue weighted by Gasteiger charge is 2.07. The van der Waals surface area contributed by atoms with Crippen molar-refractivity contribution in [2.75, 3.05) is 0 Å². The molecule has 0 amide bonds. The summed E-state index contributed by atoms with van der Waals surface area (Å²) in [6.07, 6.45) is 3.62. The molecule has 0 bridgehead atoms. The first kappa shape index (κ1) is 12.8. The Morgan fingerprint density at radius 1 is 1.15 bits per heavy atom. The van der Waals surface area contributed by atoms with Crippen LogP contribution in [0.1, 0.15) is 11.3 Å². The highest BCUT2D eigenvalue weighted by Crippen LogP contribution is 2.28. The minimum atomic E-state index is 0.696. The topological polar surface area (TPSA) is 25.8 Å². The smallest absolute Gasteiger partial charge is 0.0740 e. The van der Waals surface area contributed by atoms with Crippen LogP contribution in [0.2, 0.25) is 5.02 Å². The second-order valence-electron chi connectivity index (χ2n) is 4.66. The van der Waals surface area contributed by atoms with Crippen LogP contribution < -0.4 is 0 Å². The van der Waals surface area contributed by atoms with Crippen LogP contribution in [-0.4, -0.2) is 9.97 Å². The van der Waals surface area contributed by atoms with E-state index < -0.39 is 0 Å². The molecular formula is C17H13ClN2. The first-order valence-electron chi connectivity index (χ1n) is 6.33. The third kappa shape index (κ3) is 2.30. The highest BCUT2D eigenvalue weighted by atomic mass is 35.5. The summed E-state index contributed by atoms with van der Waals surface area (Å²) in [6, 6.07) is 11.8. The van der Waals surface area contributed by atoms with E-state index in [9.17, 15) is 0 Å². The van der Waals surface area contributed by atoms with Crippen LogP contribution in [0, 0.1) is 6.92 Å². The van der Waals surface area contributed by atoms with Crippen LogP contribution in [0.5, 0.6) is 0 Å². The summed E-state index contributed by atoms with van der Waals surface area (Å²) in [5, 5.41) is 1.64. The van der Waals surface area contributed by atoms with Gasteiger partial charge in [0.15, 0.2) is 0 Å². The Bertz CT molecular complexity index is 792. The van der Waals surface area contributed by atoms with Crippen LogP contribution in [0.3, 0.4) is 0 Å². The Hall–Kier alpha value is -2.19. The lowest BCUT2D eigenvalue weighted by Gasteiger charge is -2.06. The van der Waals surface area contributed by atoms with Crippen molar-refractivity contribution in [2.45, 2.75) is 6.92 Å². The number of hydrogen-bond acceptors (Lipinski definition) is 2. The average Bonchev–Trinajstić information content (AvgIpc) is 2.47. The Morgan fingerprint density at radius 3 is 2.70 bits per heavy atom. The van der Waals surface area contributed by atoms with Crippen molar-refractivity contribution in [1.82, 2.24) is 9.97 Å². The summed E-state index contributed by atoms with van der Waals surface area (Å²) in [4.78, 5) is 8.97. The van der Waals surface area contributed by atoms with Gasteiger partial charge < -0.3 is 0 Å². The second-order valence-corrected chi connectivity index (χ2v) is 5.07. The molecule has 20 heavy (non-hydrogen) atoms. The minimum absolute atomic E-state index is 0.696. The van der Waals surface area contributed by atoms with Gasteiger partial charge in [-0.05, 0) is 36.8 Å². The maximum Gasteiger partial charge on any atom is 0.0740 e. The number of halogens is 1. The molecule has 2 heterocycles. The minimum Gasteiger partial charge on any atom is -0.261 e. The van der Waals surface area contributed by atoms with E-state index in [-0.39, 0.29) is 0 Å². The molecule has 0 aliphatic carbocycles. The molecule has 0 fully saturated rings. The van der Waals surface area contributed by atoms with Gasteiger partial charge in [0.2, 0.25) is 0 Å². The van der Waals surface area contributed by atoms with E-state index >= 15 is 0 Å². The number of aromatic nitrogens is 2. The first-order valence-corrected chi connectivity index (χ1v) is 6.71. The van der Waals surface area contributed by atoms with Crippen molar-refractivity contribution >= 4 is 28.6 Å². The molecule has 0 unspecified atom stereocenters. The number of hydrogen-bond donors (Lipinski definition) is 0. The van der Waals surface area contributed by atoms with E-state index in [1.807, 2.05) is 49.5 Å². The Kier molecular flexibility index (Phi) is 3.25. The van der Waals surface area contributed by atoms with E-state index in [4.69, 9.17) is 11.6 Å². The van der Waals surface area contributed by atoms with Crippen molar-refractivity contribution in [1.29, 1.82) is 0 Å². The van der Waals surface area contributed by atoms with Gasteiger partial charge in [0.25, 0.3) is 0 Å². The summed E-state index contributed by atoms with van der Waals surface area (Å²) in [5.74, 6) is 0. The molecule has 3 aromatic rings. The van der Waals surface area contributed by atoms with Gasteiger partial charge in [-0.25, -0.2) is 4.98 Å². The fourth-order valence-electron chi connectivity index (χ4n) is 2.10. The number of fused-ring (bicyclic) bond motifs is 1. The monoisotopic (exact) mass is 280 g/mol. The summed E-state index contributed by atoms with van der Waals surface area (Å²) in [7, 11) is 0. The van der Waals surface area contributed by atoms with Crippen molar-refractivity contribution in [3.05, 3.63) is 65.5 Å². The molecule has 3 heteroatoms. The Morgan fingerprint density at radius 2 is 2.00 bits per heavy atom. The summed E-state index contributed by atoms with van der Waals surface area (Å²) in [5.41, 5.74) is 4.67. The number of rotatable bonds is 2. The van der Waals surface area contributed by atoms with Crippen LogP contribution in [0.4, 0.5) is 0 Å². The summed E-state index contributed by atoms with van der Waals surface area (Å²) < 4.78 is 0. The summed E-state index contributed by atoms with van der Waals surface area (Å²) in [6.45, 7) is 5.74. The zero-order valence-corrected chi connectivity index (χ0v) is 11.9. The molecular weight excluding hydrogens is 268 g/mol. The van der Waals surface area contributed by atoms with Gasteiger partial charge in [0.1, 0.15) is 0 Å². The van der Waals surface area contributed by atoms with Gasteiger partial charge in [-0.15, -0.1) is 0 Å². The lowest BCUT2D eigenvalue weighted by Crippen LogP contribution is -1.89. The Labute approximate surface area is 122 Å². The average molecular weight is 281 g/mol. The molecule has 2 nitrogen and oxygen atoms in total. The van der Waals surface area contributed by atoms with Crippen molar-refractivity contribution in [3.63, 3.8) is 0 Å². The van der Waals surface area contributed by atoms with Crippen molar-refractivity contribution in [2.24, 2.45) is 0 Å². The van der Waals surface area contributed by atoms with Gasteiger partial charge in [-0.1, -0.05) is 36.4 Å². The zero-order chi connectivity index (χ0) is 14.1. The normalized spacial score (nSPS) is 10.7. The molecule has 1 aromatic carbocycles. The fourth-order valence-corrected chi connectivity index (χ4v) is 2.36. The van der Waals surface area contributed by atoms with E-state index in [1.54, 1.807) is 6.08 Å². The maximum absolute atomic E-state index is 6.35. The van der Waals surface area contributed by atoms with Gasteiger partial charge in [-0.3, -0.25) is 4.98 Å². The van der Waals surface area contributed by atoms with E-state index in [1.165, 1.54) is 0 Å². The third-order valence-corrected chi connectivity index (χ3v) is 3.54. The molecule has 0 aliphatic heterocycles. The quantitative estimate of drug-likeness (QED) is 0.667. The molecule has 0 radical (unpaired) electrons. The van der Waals surface area contributed by atoms with Gasteiger partial charge >= 0.3 is 0 Å².